The van der Waals surface area contributed by atoms with Gasteiger partial charge in [0, 0.05) is 36.9 Å². The number of esters is 1. The Morgan fingerprint density at radius 2 is 2.29 bits per heavy atom. The van der Waals surface area contributed by atoms with Gasteiger partial charge in [0.1, 0.15) is 11.9 Å². The molecule has 35 heavy (non-hydrogen) atoms. The van der Waals surface area contributed by atoms with E-state index in [9.17, 15) is 19.1 Å². The molecule has 0 amide bonds. The highest BCUT2D eigenvalue weighted by atomic mass is 32.1. The third-order valence-corrected chi connectivity index (χ3v) is 6.33. The number of carbonyl (C=O) groups is 2. The molecule has 1 aromatic carbocycles. The van der Waals surface area contributed by atoms with Crippen molar-refractivity contribution in [3.8, 4) is 12.3 Å². The average molecular weight is 499 g/mol. The number of carboxylic acid groups (broad SMARTS) is 1. The predicted molar refractivity (Wildman–Crippen MR) is 126 cm³/mol. The summed E-state index contributed by atoms with van der Waals surface area (Å²) in [6.07, 6.45) is 6.26. The lowest BCUT2D eigenvalue weighted by atomic mass is 9.91. The van der Waals surface area contributed by atoms with Crippen molar-refractivity contribution in [3.63, 3.8) is 0 Å². The first-order valence-electron chi connectivity index (χ1n) is 10.9. The summed E-state index contributed by atoms with van der Waals surface area (Å²) in [5.74, 6) is 0.474. The number of terminal acetylenes is 1. The molecule has 2 aliphatic heterocycles. The second-order valence-electron chi connectivity index (χ2n) is 7.74. The Kier molecular flexibility index (Phi) is 7.55. The number of carboxylic acids is 1. The standard InChI is InChI=1S/C24H23FN4O5S/c1-3-14-15(6-5-7-16(14)25)20-19(24(32)33-4-2)17(27-21(28-20)22-26-8-11-35-22)12-29-9-10-34-18(13-29)23(30)31/h1,5-8,11,18,20H,4,9-10,12-13H2,2H3,(H,27,28)(H,30,31)/t18-,20+/m0/s1. The van der Waals surface area contributed by atoms with E-state index in [-0.39, 0.29) is 37.4 Å². The number of aliphatic carboxylic acids is 1. The summed E-state index contributed by atoms with van der Waals surface area (Å²) in [6, 6.07) is 3.43. The number of halogens is 1. The fourth-order valence-corrected chi connectivity index (χ4v) is 4.57. The Morgan fingerprint density at radius 1 is 1.46 bits per heavy atom. The third-order valence-electron chi connectivity index (χ3n) is 5.55. The van der Waals surface area contributed by atoms with Crippen LogP contribution in [0.25, 0.3) is 0 Å². The number of amidine groups is 1. The maximum absolute atomic E-state index is 14.6. The quantitative estimate of drug-likeness (QED) is 0.440. The average Bonchev–Trinajstić information content (AvgIpc) is 3.39. The maximum Gasteiger partial charge on any atom is 0.338 e. The predicted octanol–water partition coefficient (Wildman–Crippen LogP) is 1.96. The van der Waals surface area contributed by atoms with Crippen LogP contribution in [0, 0.1) is 18.2 Å². The van der Waals surface area contributed by atoms with Gasteiger partial charge in [-0.1, -0.05) is 18.1 Å². The summed E-state index contributed by atoms with van der Waals surface area (Å²) in [5, 5.41) is 14.9. The van der Waals surface area contributed by atoms with Gasteiger partial charge >= 0.3 is 11.9 Å². The van der Waals surface area contributed by atoms with Crippen LogP contribution in [0.5, 0.6) is 0 Å². The van der Waals surface area contributed by atoms with Crippen molar-refractivity contribution in [1.82, 2.24) is 15.2 Å². The van der Waals surface area contributed by atoms with Crippen molar-refractivity contribution >= 4 is 29.1 Å². The molecule has 3 heterocycles. The van der Waals surface area contributed by atoms with E-state index < -0.39 is 29.9 Å². The highest BCUT2D eigenvalue weighted by molar-refractivity contribution is 7.11. The van der Waals surface area contributed by atoms with Gasteiger partial charge in [-0.2, -0.15) is 0 Å². The Labute approximate surface area is 205 Å². The van der Waals surface area contributed by atoms with Crippen LogP contribution in [0.4, 0.5) is 4.39 Å². The molecule has 1 aromatic heterocycles. The number of morpholine rings is 1. The number of aromatic nitrogens is 1. The van der Waals surface area contributed by atoms with Gasteiger partial charge in [-0.15, -0.1) is 17.8 Å². The molecule has 0 saturated carbocycles. The zero-order valence-electron chi connectivity index (χ0n) is 18.9. The molecule has 0 bridgehead atoms. The lowest BCUT2D eigenvalue weighted by molar-refractivity contribution is -0.155. The smallest absolute Gasteiger partial charge is 0.338 e. The molecule has 182 valence electrons. The second kappa shape index (κ2) is 10.8. The fraction of sp³-hybridized carbons (Fsp3) is 0.333. The summed E-state index contributed by atoms with van der Waals surface area (Å²) >= 11 is 1.34. The van der Waals surface area contributed by atoms with Crippen LogP contribution in [-0.2, 0) is 19.1 Å². The van der Waals surface area contributed by atoms with Crippen LogP contribution >= 0.6 is 11.3 Å². The molecule has 4 rings (SSSR count). The number of nitrogens with zero attached hydrogens (tertiary/aromatic N) is 3. The van der Waals surface area contributed by atoms with E-state index >= 15 is 0 Å². The van der Waals surface area contributed by atoms with Gasteiger partial charge < -0.3 is 19.9 Å². The lowest BCUT2D eigenvalue weighted by Gasteiger charge is -2.34. The van der Waals surface area contributed by atoms with Gasteiger partial charge in [0.25, 0.3) is 0 Å². The zero-order valence-corrected chi connectivity index (χ0v) is 19.7. The Hall–Kier alpha value is -3.59. The van der Waals surface area contributed by atoms with Crippen molar-refractivity contribution in [3.05, 3.63) is 63.0 Å². The first-order valence-corrected chi connectivity index (χ1v) is 11.8. The molecule has 0 unspecified atom stereocenters. The summed E-state index contributed by atoms with van der Waals surface area (Å²) in [7, 11) is 0. The molecule has 9 nitrogen and oxygen atoms in total. The van der Waals surface area contributed by atoms with Crippen molar-refractivity contribution < 1.29 is 28.6 Å². The van der Waals surface area contributed by atoms with Crippen molar-refractivity contribution in [1.29, 1.82) is 0 Å². The number of benzene rings is 1. The van der Waals surface area contributed by atoms with Crippen LogP contribution < -0.4 is 5.32 Å². The number of ether oxygens (including phenoxy) is 2. The van der Waals surface area contributed by atoms with Gasteiger partial charge in [0.05, 0.1) is 24.4 Å². The van der Waals surface area contributed by atoms with Crippen LogP contribution in [0.3, 0.4) is 0 Å². The van der Waals surface area contributed by atoms with Crippen molar-refractivity contribution in [2.75, 3.05) is 32.8 Å². The maximum atomic E-state index is 14.6. The minimum atomic E-state index is -1.06. The number of nitrogens with one attached hydrogen (secondary N) is 1. The zero-order chi connectivity index (χ0) is 24.9. The van der Waals surface area contributed by atoms with E-state index in [0.29, 0.717) is 28.6 Å². The van der Waals surface area contributed by atoms with E-state index in [1.165, 1.54) is 23.5 Å². The largest absolute Gasteiger partial charge is 0.479 e. The Bertz CT molecular complexity index is 1220. The third kappa shape index (κ3) is 5.24. The van der Waals surface area contributed by atoms with E-state index in [2.05, 4.69) is 16.2 Å². The number of thiazole rings is 1. The van der Waals surface area contributed by atoms with Crippen LogP contribution in [0.15, 0.2) is 46.0 Å². The van der Waals surface area contributed by atoms with Gasteiger partial charge in [0.2, 0.25) is 0 Å². The van der Waals surface area contributed by atoms with Gasteiger partial charge in [-0.05, 0) is 18.6 Å². The van der Waals surface area contributed by atoms with Gasteiger partial charge in [0.15, 0.2) is 16.9 Å². The summed E-state index contributed by atoms with van der Waals surface area (Å²) in [4.78, 5) is 35.5. The SMILES string of the molecule is C#Cc1c(F)cccc1[C@H]1N=C(c2nccs2)NC(CN2CCO[C@H](C(=O)O)C2)=C1C(=O)OCC. The number of rotatable bonds is 7. The topological polar surface area (TPSA) is 113 Å². The highest BCUT2D eigenvalue weighted by Crippen LogP contribution is 2.35. The van der Waals surface area contributed by atoms with Crippen LogP contribution in [-0.4, -0.2) is 71.7 Å². The number of hydrogen-bond donors (Lipinski definition) is 2. The van der Waals surface area contributed by atoms with Crippen LogP contribution in [0.1, 0.15) is 29.1 Å². The fourth-order valence-electron chi connectivity index (χ4n) is 3.98. The lowest BCUT2D eigenvalue weighted by Crippen LogP contribution is -2.48. The Balaban J connectivity index is 1.83. The molecule has 2 aliphatic rings. The van der Waals surface area contributed by atoms with E-state index in [1.54, 1.807) is 24.6 Å². The summed E-state index contributed by atoms with van der Waals surface area (Å²) in [5.41, 5.74) is 0.966. The van der Waals surface area contributed by atoms with E-state index in [4.69, 9.17) is 20.9 Å². The molecule has 11 heteroatoms. The first-order chi connectivity index (χ1) is 16.9. The molecule has 2 atom stereocenters. The monoisotopic (exact) mass is 498 g/mol. The molecule has 0 spiro atoms. The number of hydrogen-bond acceptors (Lipinski definition) is 9. The van der Waals surface area contributed by atoms with E-state index in [1.807, 2.05) is 4.90 Å². The second-order valence-corrected chi connectivity index (χ2v) is 8.63. The molecule has 0 radical (unpaired) electrons. The minimum Gasteiger partial charge on any atom is -0.479 e. The van der Waals surface area contributed by atoms with Crippen LogP contribution in [0.2, 0.25) is 0 Å². The highest BCUT2D eigenvalue weighted by Gasteiger charge is 2.36. The molecular weight excluding hydrogens is 475 g/mol. The first kappa shape index (κ1) is 24.5. The number of aliphatic imine (C=N–C) groups is 1. The molecule has 1 saturated heterocycles. The summed E-state index contributed by atoms with van der Waals surface area (Å²) in [6.45, 7) is 2.79. The van der Waals surface area contributed by atoms with E-state index in [0.717, 1.165) is 0 Å². The Morgan fingerprint density at radius 3 is 2.97 bits per heavy atom. The van der Waals surface area contributed by atoms with Crippen molar-refractivity contribution in [2.45, 2.75) is 19.1 Å². The van der Waals surface area contributed by atoms with Gasteiger partial charge in [-0.3, -0.25) is 9.89 Å². The molecule has 2 aromatic rings. The molecule has 1 fully saturated rings. The van der Waals surface area contributed by atoms with Gasteiger partial charge in [-0.25, -0.2) is 19.0 Å². The van der Waals surface area contributed by atoms with Crippen molar-refractivity contribution in [2.24, 2.45) is 4.99 Å². The molecule has 0 aliphatic carbocycles. The number of carbonyl (C=O) groups excluding carboxylic acids is 1. The minimum absolute atomic E-state index is 0.0000935. The normalized spacial score (nSPS) is 20.5. The summed E-state index contributed by atoms with van der Waals surface area (Å²) < 4.78 is 25.3. The molecule has 2 N–H and O–H groups in total. The molecular formula is C24H23FN4O5S.